The van der Waals surface area contributed by atoms with Crippen LogP contribution in [0.5, 0.6) is 5.75 Å². The third kappa shape index (κ3) is 5.43. The van der Waals surface area contributed by atoms with E-state index in [1.54, 1.807) is 16.2 Å². The van der Waals surface area contributed by atoms with E-state index in [0.717, 1.165) is 30.6 Å². The maximum Gasteiger partial charge on any atom is 0.254 e. The van der Waals surface area contributed by atoms with E-state index in [1.807, 2.05) is 54.3 Å². The Bertz CT molecular complexity index is 1200. The number of carbonyl (C=O) groups is 2. The van der Waals surface area contributed by atoms with Crippen molar-refractivity contribution >= 4 is 23.2 Å². The van der Waals surface area contributed by atoms with Crippen LogP contribution in [0.4, 0.5) is 0 Å². The Morgan fingerprint density at radius 3 is 2.63 bits per heavy atom. The maximum absolute atomic E-state index is 13.7. The Kier molecular flexibility index (Phi) is 6.91. The zero-order valence-electron chi connectivity index (χ0n) is 20.4. The summed E-state index contributed by atoms with van der Waals surface area (Å²) in [6, 6.07) is 17.4. The first-order chi connectivity index (χ1) is 17.0. The highest BCUT2D eigenvalue weighted by Gasteiger charge is 2.35. The number of ether oxygens (including phenoxy) is 1. The molecule has 1 aliphatic carbocycles. The van der Waals surface area contributed by atoms with Gasteiger partial charge in [-0.3, -0.25) is 9.59 Å². The fourth-order valence-corrected chi connectivity index (χ4v) is 5.78. The summed E-state index contributed by atoms with van der Waals surface area (Å²) in [6.07, 6.45) is 3.09. The van der Waals surface area contributed by atoms with Crippen molar-refractivity contribution in [1.29, 1.82) is 0 Å². The summed E-state index contributed by atoms with van der Waals surface area (Å²) in [5.74, 6) is 1.27. The molecule has 2 amide bonds. The molecule has 0 unspecified atom stereocenters. The van der Waals surface area contributed by atoms with E-state index in [4.69, 9.17) is 4.74 Å². The molecule has 1 fully saturated rings. The van der Waals surface area contributed by atoms with Gasteiger partial charge in [0.15, 0.2) is 0 Å². The predicted octanol–water partition coefficient (Wildman–Crippen LogP) is 5.42. The third-order valence-electron chi connectivity index (χ3n) is 6.95. The average molecular weight is 489 g/mol. The van der Waals surface area contributed by atoms with Crippen LogP contribution in [0.25, 0.3) is 0 Å². The van der Waals surface area contributed by atoms with E-state index >= 15 is 0 Å². The van der Waals surface area contributed by atoms with E-state index in [2.05, 4.69) is 24.4 Å². The first kappa shape index (κ1) is 23.6. The Morgan fingerprint density at radius 2 is 1.89 bits per heavy atom. The van der Waals surface area contributed by atoms with Crippen LogP contribution in [-0.4, -0.2) is 47.9 Å². The Labute approximate surface area is 211 Å². The molecule has 0 radical (unpaired) electrons. The highest BCUT2D eigenvalue weighted by molar-refractivity contribution is 7.10. The van der Waals surface area contributed by atoms with Crippen LogP contribution >= 0.6 is 11.3 Å². The molecule has 1 atom stereocenters. The summed E-state index contributed by atoms with van der Waals surface area (Å²) < 4.78 is 6.26. The monoisotopic (exact) mass is 488 g/mol. The van der Waals surface area contributed by atoms with Crippen molar-refractivity contribution < 1.29 is 14.3 Å². The van der Waals surface area contributed by atoms with Crippen molar-refractivity contribution in [3.8, 4) is 5.75 Å². The lowest BCUT2D eigenvalue weighted by Gasteiger charge is -2.37. The molecule has 2 aromatic carbocycles. The molecular weight excluding hydrogens is 456 g/mol. The lowest BCUT2D eigenvalue weighted by molar-refractivity contribution is -0.135. The van der Waals surface area contributed by atoms with Gasteiger partial charge in [-0.25, -0.2) is 0 Å². The first-order valence-corrected chi connectivity index (χ1v) is 13.3. The quantitative estimate of drug-likeness (QED) is 0.425. The number of carbonyl (C=O) groups excluding carboxylic acids is 2. The van der Waals surface area contributed by atoms with E-state index in [1.165, 1.54) is 16.0 Å². The van der Waals surface area contributed by atoms with Gasteiger partial charge in [-0.1, -0.05) is 35.9 Å². The van der Waals surface area contributed by atoms with Gasteiger partial charge in [-0.15, -0.1) is 11.3 Å². The van der Waals surface area contributed by atoms with E-state index in [-0.39, 0.29) is 24.4 Å². The largest absolute Gasteiger partial charge is 0.491 e. The number of hydrogen-bond acceptors (Lipinski definition) is 4. The minimum absolute atomic E-state index is 0.0130. The number of amides is 2. The standard InChI is InChI=1S/C29H32N2O3S/c1-20-8-11-26(21(2)16-20)34-19-25-24-13-15-35-27(24)12-14-31(25)28(32)18-30(17-22-9-10-22)29(33)23-6-4-3-5-7-23/h3-8,11,13,15-16,22,25H,9-10,12,14,17-19H2,1-2H3/t25-/m1/s1. The van der Waals surface area contributed by atoms with E-state index in [9.17, 15) is 9.59 Å². The summed E-state index contributed by atoms with van der Waals surface area (Å²) in [5, 5.41) is 2.10. The molecule has 1 aliphatic heterocycles. The molecule has 0 spiro atoms. The molecule has 1 aromatic heterocycles. The van der Waals surface area contributed by atoms with Crippen LogP contribution in [0.15, 0.2) is 60.0 Å². The van der Waals surface area contributed by atoms with Gasteiger partial charge in [-0.05, 0) is 79.8 Å². The third-order valence-corrected chi connectivity index (χ3v) is 7.95. The molecular formula is C29H32N2O3S. The van der Waals surface area contributed by atoms with Crippen molar-refractivity contribution in [3.63, 3.8) is 0 Å². The van der Waals surface area contributed by atoms with Crippen LogP contribution in [0, 0.1) is 19.8 Å². The molecule has 5 nitrogen and oxygen atoms in total. The van der Waals surface area contributed by atoms with Crippen molar-refractivity contribution in [3.05, 3.63) is 87.1 Å². The summed E-state index contributed by atoms with van der Waals surface area (Å²) in [6.45, 7) is 5.90. The van der Waals surface area contributed by atoms with Gasteiger partial charge >= 0.3 is 0 Å². The zero-order valence-corrected chi connectivity index (χ0v) is 21.2. The molecule has 0 N–H and O–H groups in total. The van der Waals surface area contributed by atoms with Crippen molar-refractivity contribution in [2.75, 3.05) is 26.2 Å². The summed E-state index contributed by atoms with van der Waals surface area (Å²) in [4.78, 5) is 32.0. The molecule has 2 aliphatic rings. The predicted molar refractivity (Wildman–Crippen MR) is 139 cm³/mol. The average Bonchev–Trinajstić information content (AvgIpc) is 3.55. The van der Waals surface area contributed by atoms with Gasteiger partial charge in [0.25, 0.3) is 5.91 Å². The van der Waals surface area contributed by atoms with Crippen LogP contribution in [0.2, 0.25) is 0 Å². The minimum atomic E-state index is -0.159. The van der Waals surface area contributed by atoms with Crippen LogP contribution < -0.4 is 4.74 Å². The molecule has 5 rings (SSSR count). The van der Waals surface area contributed by atoms with Gasteiger partial charge < -0.3 is 14.5 Å². The van der Waals surface area contributed by atoms with Gasteiger partial charge in [0, 0.05) is 23.5 Å². The maximum atomic E-state index is 13.7. The molecule has 6 heteroatoms. The van der Waals surface area contributed by atoms with Crippen molar-refractivity contribution in [1.82, 2.24) is 9.80 Å². The summed E-state index contributed by atoms with van der Waals surface area (Å²) in [5.41, 5.74) is 4.09. The van der Waals surface area contributed by atoms with Crippen molar-refractivity contribution in [2.24, 2.45) is 5.92 Å². The molecule has 35 heavy (non-hydrogen) atoms. The van der Waals surface area contributed by atoms with Gasteiger partial charge in [-0.2, -0.15) is 0 Å². The fourth-order valence-electron chi connectivity index (χ4n) is 4.85. The highest BCUT2D eigenvalue weighted by Crippen LogP contribution is 2.35. The number of fused-ring (bicyclic) bond motifs is 1. The van der Waals surface area contributed by atoms with Gasteiger partial charge in [0.1, 0.15) is 18.9 Å². The number of benzene rings is 2. The topological polar surface area (TPSA) is 49.9 Å². The van der Waals surface area contributed by atoms with E-state index in [0.29, 0.717) is 31.2 Å². The first-order valence-electron chi connectivity index (χ1n) is 12.4. The van der Waals surface area contributed by atoms with Crippen LogP contribution in [0.1, 0.15) is 50.8 Å². The second-order valence-electron chi connectivity index (χ2n) is 9.73. The number of rotatable bonds is 8. The van der Waals surface area contributed by atoms with Gasteiger partial charge in [0.05, 0.1) is 6.04 Å². The number of hydrogen-bond donors (Lipinski definition) is 0. The van der Waals surface area contributed by atoms with Crippen LogP contribution in [0.3, 0.4) is 0 Å². The zero-order chi connectivity index (χ0) is 24.4. The molecule has 0 saturated heterocycles. The van der Waals surface area contributed by atoms with E-state index < -0.39 is 0 Å². The Hall–Kier alpha value is -3.12. The molecule has 2 heterocycles. The SMILES string of the molecule is Cc1ccc(OC[C@@H]2c3ccsc3CCN2C(=O)CN(CC2CC2)C(=O)c2ccccc2)c(C)c1. The number of aryl methyl sites for hydroxylation is 2. The normalized spacial score (nSPS) is 17.1. The Balaban J connectivity index is 1.34. The second-order valence-corrected chi connectivity index (χ2v) is 10.7. The molecule has 182 valence electrons. The highest BCUT2D eigenvalue weighted by atomic mass is 32.1. The molecule has 3 aromatic rings. The van der Waals surface area contributed by atoms with Crippen molar-refractivity contribution in [2.45, 2.75) is 39.2 Å². The summed E-state index contributed by atoms with van der Waals surface area (Å²) >= 11 is 1.74. The molecule has 1 saturated carbocycles. The summed E-state index contributed by atoms with van der Waals surface area (Å²) in [7, 11) is 0. The number of thiophene rings is 1. The number of nitrogens with zero attached hydrogens (tertiary/aromatic N) is 2. The Morgan fingerprint density at radius 1 is 1.09 bits per heavy atom. The lowest BCUT2D eigenvalue weighted by atomic mass is 10.00. The lowest BCUT2D eigenvalue weighted by Crippen LogP contribution is -2.48. The van der Waals surface area contributed by atoms with Gasteiger partial charge in [0.2, 0.25) is 5.91 Å². The molecule has 0 bridgehead atoms. The second kappa shape index (κ2) is 10.2. The fraction of sp³-hybridized carbons (Fsp3) is 0.379. The smallest absolute Gasteiger partial charge is 0.254 e. The minimum Gasteiger partial charge on any atom is -0.491 e. The van der Waals surface area contributed by atoms with Crippen LogP contribution in [-0.2, 0) is 11.2 Å².